The van der Waals surface area contributed by atoms with Crippen molar-refractivity contribution in [3.63, 3.8) is 0 Å². The van der Waals surface area contributed by atoms with Gasteiger partial charge >= 0.3 is 0 Å². The molecule has 2 rings (SSSR count). The van der Waals surface area contributed by atoms with Crippen molar-refractivity contribution in [1.29, 1.82) is 0 Å². The molecule has 0 bridgehead atoms. The Morgan fingerprint density at radius 3 is 2.61 bits per heavy atom. The molecule has 0 saturated heterocycles. The number of hydrogen-bond acceptors (Lipinski definition) is 4. The summed E-state index contributed by atoms with van der Waals surface area (Å²) < 4.78 is 1.96. The van der Waals surface area contributed by atoms with E-state index in [0.29, 0.717) is 5.95 Å². The summed E-state index contributed by atoms with van der Waals surface area (Å²) in [5.74, 6) is 0.698. The molecule has 0 aliphatic rings. The van der Waals surface area contributed by atoms with Crippen LogP contribution in [0.4, 0.5) is 5.95 Å². The van der Waals surface area contributed by atoms with E-state index in [0.717, 1.165) is 31.5 Å². The Kier molecular flexibility index (Phi) is 4.28. The van der Waals surface area contributed by atoms with Gasteiger partial charge in [-0.1, -0.05) is 6.92 Å². The molecule has 18 heavy (non-hydrogen) atoms. The highest BCUT2D eigenvalue weighted by atomic mass is 15.3. The normalized spacial score (nSPS) is 10.6. The molecule has 0 aliphatic heterocycles. The zero-order valence-electron chi connectivity index (χ0n) is 10.9. The van der Waals surface area contributed by atoms with E-state index in [1.807, 2.05) is 36.4 Å². The maximum absolute atomic E-state index is 4.25. The smallest absolute Gasteiger partial charge is 0.222 e. The highest BCUT2D eigenvalue weighted by molar-refractivity contribution is 5.24. The Hall–Kier alpha value is -1.91. The van der Waals surface area contributed by atoms with Crippen LogP contribution < -0.4 is 5.32 Å². The number of aryl methyl sites for hydroxylation is 3. The summed E-state index contributed by atoms with van der Waals surface area (Å²) in [6.45, 7) is 5.90. The van der Waals surface area contributed by atoms with Crippen molar-refractivity contribution < 1.29 is 0 Å². The minimum absolute atomic E-state index is 0.698. The highest BCUT2D eigenvalue weighted by Crippen LogP contribution is 2.01. The first-order valence-corrected chi connectivity index (χ1v) is 6.32. The minimum atomic E-state index is 0.698. The maximum Gasteiger partial charge on any atom is 0.222 e. The SMILES string of the molecule is CCc1cnc(NCCCn2cc(C)cn2)nc1. The summed E-state index contributed by atoms with van der Waals surface area (Å²) in [5.41, 5.74) is 2.36. The predicted octanol–water partition coefficient (Wildman–Crippen LogP) is 2.05. The number of rotatable bonds is 6. The predicted molar refractivity (Wildman–Crippen MR) is 71.5 cm³/mol. The van der Waals surface area contributed by atoms with Crippen LogP contribution in [0.2, 0.25) is 0 Å². The first kappa shape index (κ1) is 12.5. The molecule has 2 aromatic heterocycles. The van der Waals surface area contributed by atoms with E-state index < -0.39 is 0 Å². The first-order valence-electron chi connectivity index (χ1n) is 6.32. The summed E-state index contributed by atoms with van der Waals surface area (Å²) in [6, 6.07) is 0. The first-order chi connectivity index (χ1) is 8.78. The molecule has 5 nitrogen and oxygen atoms in total. The second kappa shape index (κ2) is 6.14. The molecule has 2 aromatic rings. The molecular weight excluding hydrogens is 226 g/mol. The zero-order chi connectivity index (χ0) is 12.8. The second-order valence-electron chi connectivity index (χ2n) is 4.33. The average Bonchev–Trinajstić information content (AvgIpc) is 2.81. The lowest BCUT2D eigenvalue weighted by Gasteiger charge is -2.05. The van der Waals surface area contributed by atoms with Gasteiger partial charge in [0.2, 0.25) is 5.95 Å². The van der Waals surface area contributed by atoms with Gasteiger partial charge in [0.05, 0.1) is 6.20 Å². The van der Waals surface area contributed by atoms with Crippen molar-refractivity contribution in [3.05, 3.63) is 35.9 Å². The van der Waals surface area contributed by atoms with E-state index >= 15 is 0 Å². The van der Waals surface area contributed by atoms with Crippen molar-refractivity contribution in [2.75, 3.05) is 11.9 Å². The van der Waals surface area contributed by atoms with Gasteiger partial charge in [0.15, 0.2) is 0 Å². The van der Waals surface area contributed by atoms with E-state index in [2.05, 4.69) is 27.3 Å². The van der Waals surface area contributed by atoms with Crippen LogP contribution >= 0.6 is 0 Å². The van der Waals surface area contributed by atoms with Gasteiger partial charge in [-0.25, -0.2) is 9.97 Å². The second-order valence-corrected chi connectivity index (χ2v) is 4.33. The van der Waals surface area contributed by atoms with Crippen LogP contribution in [0.3, 0.4) is 0 Å². The van der Waals surface area contributed by atoms with Crippen LogP contribution in [0.5, 0.6) is 0 Å². The summed E-state index contributed by atoms with van der Waals surface area (Å²) >= 11 is 0. The van der Waals surface area contributed by atoms with Crippen LogP contribution in [0.25, 0.3) is 0 Å². The molecule has 0 atom stereocenters. The van der Waals surface area contributed by atoms with Gasteiger partial charge in [-0.15, -0.1) is 0 Å². The van der Waals surface area contributed by atoms with E-state index in [1.165, 1.54) is 5.56 Å². The van der Waals surface area contributed by atoms with Crippen molar-refractivity contribution in [1.82, 2.24) is 19.7 Å². The number of nitrogens with zero attached hydrogens (tertiary/aromatic N) is 4. The average molecular weight is 245 g/mol. The fourth-order valence-corrected chi connectivity index (χ4v) is 1.66. The fraction of sp³-hybridized carbons (Fsp3) is 0.462. The van der Waals surface area contributed by atoms with E-state index in [1.54, 1.807) is 0 Å². The summed E-state index contributed by atoms with van der Waals surface area (Å²) in [7, 11) is 0. The third-order valence-electron chi connectivity index (χ3n) is 2.72. The number of hydrogen-bond donors (Lipinski definition) is 1. The van der Waals surface area contributed by atoms with Gasteiger partial charge in [-0.05, 0) is 30.9 Å². The molecule has 0 saturated carbocycles. The molecule has 0 radical (unpaired) electrons. The van der Waals surface area contributed by atoms with Gasteiger partial charge < -0.3 is 5.32 Å². The molecule has 96 valence electrons. The Labute approximate surface area is 107 Å². The Bertz CT molecular complexity index is 474. The van der Waals surface area contributed by atoms with Crippen molar-refractivity contribution >= 4 is 5.95 Å². The molecule has 0 unspecified atom stereocenters. The maximum atomic E-state index is 4.25. The molecule has 1 N–H and O–H groups in total. The van der Waals surface area contributed by atoms with Crippen LogP contribution in [0.15, 0.2) is 24.8 Å². The summed E-state index contributed by atoms with van der Waals surface area (Å²) in [4.78, 5) is 8.51. The Morgan fingerprint density at radius 1 is 1.22 bits per heavy atom. The molecule has 0 aliphatic carbocycles. The monoisotopic (exact) mass is 245 g/mol. The van der Waals surface area contributed by atoms with E-state index in [4.69, 9.17) is 0 Å². The van der Waals surface area contributed by atoms with Crippen molar-refractivity contribution in [2.24, 2.45) is 0 Å². The molecular formula is C13H19N5. The van der Waals surface area contributed by atoms with Crippen molar-refractivity contribution in [2.45, 2.75) is 33.2 Å². The van der Waals surface area contributed by atoms with Crippen LogP contribution in [0.1, 0.15) is 24.5 Å². The van der Waals surface area contributed by atoms with Crippen LogP contribution in [-0.2, 0) is 13.0 Å². The third kappa shape index (κ3) is 3.55. The Balaban J connectivity index is 1.71. The highest BCUT2D eigenvalue weighted by Gasteiger charge is 1.97. The van der Waals surface area contributed by atoms with E-state index in [-0.39, 0.29) is 0 Å². The molecule has 0 amide bonds. The number of anilines is 1. The number of aromatic nitrogens is 4. The molecule has 0 fully saturated rings. The zero-order valence-corrected chi connectivity index (χ0v) is 10.9. The minimum Gasteiger partial charge on any atom is -0.354 e. The standard InChI is InChI=1S/C13H19N5/c1-3-12-8-15-13(16-9-12)14-5-4-6-18-10-11(2)7-17-18/h7-10H,3-6H2,1-2H3,(H,14,15,16). The van der Waals surface area contributed by atoms with Gasteiger partial charge in [0.25, 0.3) is 0 Å². The topological polar surface area (TPSA) is 55.6 Å². The summed E-state index contributed by atoms with van der Waals surface area (Å²) in [5, 5.41) is 7.45. The quantitative estimate of drug-likeness (QED) is 0.791. The lowest BCUT2D eigenvalue weighted by atomic mass is 10.3. The third-order valence-corrected chi connectivity index (χ3v) is 2.72. The molecule has 5 heteroatoms. The van der Waals surface area contributed by atoms with E-state index in [9.17, 15) is 0 Å². The molecule has 0 spiro atoms. The van der Waals surface area contributed by atoms with Gasteiger partial charge in [-0.2, -0.15) is 5.10 Å². The molecule has 0 aromatic carbocycles. The van der Waals surface area contributed by atoms with Crippen LogP contribution in [0, 0.1) is 6.92 Å². The largest absolute Gasteiger partial charge is 0.354 e. The molecule has 2 heterocycles. The van der Waals surface area contributed by atoms with Crippen molar-refractivity contribution in [3.8, 4) is 0 Å². The van der Waals surface area contributed by atoms with Gasteiger partial charge in [-0.3, -0.25) is 4.68 Å². The fourth-order valence-electron chi connectivity index (χ4n) is 1.66. The lowest BCUT2D eigenvalue weighted by Crippen LogP contribution is -2.09. The van der Waals surface area contributed by atoms with Gasteiger partial charge in [0.1, 0.15) is 0 Å². The van der Waals surface area contributed by atoms with Crippen LogP contribution in [-0.4, -0.2) is 26.3 Å². The Morgan fingerprint density at radius 2 is 2.00 bits per heavy atom. The number of nitrogens with one attached hydrogen (secondary N) is 1. The van der Waals surface area contributed by atoms with Gasteiger partial charge in [0, 0.05) is 31.7 Å². The summed E-state index contributed by atoms with van der Waals surface area (Å²) in [6.07, 6.45) is 9.63. The lowest BCUT2D eigenvalue weighted by molar-refractivity contribution is 0.590.